The zero-order valence-electron chi connectivity index (χ0n) is 15.2. The number of methoxy groups -OCH3 is 1. The van der Waals surface area contributed by atoms with E-state index in [0.717, 1.165) is 13.1 Å². The van der Waals surface area contributed by atoms with Gasteiger partial charge < -0.3 is 14.4 Å². The second kappa shape index (κ2) is 6.87. The van der Waals surface area contributed by atoms with Crippen molar-refractivity contribution < 1.29 is 14.3 Å². The molecule has 1 aromatic rings. The van der Waals surface area contributed by atoms with Gasteiger partial charge in [0.15, 0.2) is 11.5 Å². The summed E-state index contributed by atoms with van der Waals surface area (Å²) in [5.74, 6) is 2.76. The summed E-state index contributed by atoms with van der Waals surface area (Å²) in [7, 11) is 1.62. The van der Waals surface area contributed by atoms with Crippen molar-refractivity contribution >= 4 is 5.91 Å². The van der Waals surface area contributed by atoms with Crippen LogP contribution in [0.4, 0.5) is 0 Å². The largest absolute Gasteiger partial charge is 0.493 e. The van der Waals surface area contributed by atoms with Crippen LogP contribution in [0.5, 0.6) is 11.5 Å². The molecule has 3 aliphatic heterocycles. The lowest BCUT2D eigenvalue weighted by molar-refractivity contribution is 0.0753. The molecule has 1 amide bonds. The third-order valence-corrected chi connectivity index (χ3v) is 6.12. The van der Waals surface area contributed by atoms with Crippen molar-refractivity contribution in [2.24, 2.45) is 11.8 Å². The van der Waals surface area contributed by atoms with Gasteiger partial charge >= 0.3 is 0 Å². The minimum absolute atomic E-state index is 0.123. The van der Waals surface area contributed by atoms with Gasteiger partial charge in [-0.05, 0) is 56.3 Å². The van der Waals surface area contributed by atoms with Crippen LogP contribution in [0.2, 0.25) is 0 Å². The van der Waals surface area contributed by atoms with E-state index >= 15 is 0 Å². The summed E-state index contributed by atoms with van der Waals surface area (Å²) in [5, 5.41) is 0. The minimum atomic E-state index is 0.123. The highest BCUT2D eigenvalue weighted by molar-refractivity contribution is 5.95. The Morgan fingerprint density at radius 3 is 2.88 bits per heavy atom. The van der Waals surface area contributed by atoms with Crippen molar-refractivity contribution in [2.45, 2.75) is 32.2 Å². The molecular formula is C20H28N2O3. The Morgan fingerprint density at radius 2 is 2.08 bits per heavy atom. The Bertz CT molecular complexity index is 648. The van der Waals surface area contributed by atoms with Crippen LogP contribution < -0.4 is 9.47 Å². The number of amides is 1. The van der Waals surface area contributed by atoms with Crippen LogP contribution in [0.1, 0.15) is 36.5 Å². The molecule has 0 N–H and O–H groups in total. The average molecular weight is 344 g/mol. The molecule has 4 rings (SSSR count). The Hall–Kier alpha value is -1.75. The molecular weight excluding hydrogens is 316 g/mol. The molecule has 0 bridgehead atoms. The third-order valence-electron chi connectivity index (χ3n) is 6.12. The number of fused-ring (bicyclic) bond motifs is 3. The number of carbonyl (C=O) groups is 1. The highest BCUT2D eigenvalue weighted by atomic mass is 16.5. The number of ether oxygens (including phenoxy) is 2. The van der Waals surface area contributed by atoms with E-state index in [2.05, 4.69) is 9.80 Å². The summed E-state index contributed by atoms with van der Waals surface area (Å²) in [6, 6.07) is 6.21. The molecule has 5 heteroatoms. The van der Waals surface area contributed by atoms with Crippen LogP contribution in [0.15, 0.2) is 18.2 Å². The van der Waals surface area contributed by atoms with E-state index in [1.165, 1.54) is 32.4 Å². The molecule has 3 heterocycles. The fourth-order valence-corrected chi connectivity index (χ4v) is 4.98. The summed E-state index contributed by atoms with van der Waals surface area (Å²) >= 11 is 0. The maximum absolute atomic E-state index is 13.0. The highest BCUT2D eigenvalue weighted by Gasteiger charge is 2.48. The molecule has 5 nitrogen and oxygen atoms in total. The predicted octanol–water partition coefficient (Wildman–Crippen LogP) is 2.65. The molecule has 3 atom stereocenters. The number of hydrogen-bond donors (Lipinski definition) is 0. The Labute approximate surface area is 149 Å². The van der Waals surface area contributed by atoms with Gasteiger partial charge in [-0.15, -0.1) is 0 Å². The van der Waals surface area contributed by atoms with E-state index in [1.54, 1.807) is 7.11 Å². The second-order valence-corrected chi connectivity index (χ2v) is 7.49. The maximum Gasteiger partial charge on any atom is 0.254 e. The topological polar surface area (TPSA) is 42.0 Å². The Balaban J connectivity index is 1.47. The normalized spacial score (nSPS) is 28.6. The molecule has 0 unspecified atom stereocenters. The average Bonchev–Trinajstić information content (AvgIpc) is 3.19. The van der Waals surface area contributed by atoms with E-state index in [-0.39, 0.29) is 5.91 Å². The quantitative estimate of drug-likeness (QED) is 0.842. The number of rotatable bonds is 4. The van der Waals surface area contributed by atoms with E-state index in [4.69, 9.17) is 9.47 Å². The molecule has 25 heavy (non-hydrogen) atoms. The van der Waals surface area contributed by atoms with Crippen molar-refractivity contribution in [3.63, 3.8) is 0 Å². The molecule has 3 fully saturated rings. The predicted molar refractivity (Wildman–Crippen MR) is 96.3 cm³/mol. The monoisotopic (exact) mass is 344 g/mol. The van der Waals surface area contributed by atoms with Crippen molar-refractivity contribution in [3.05, 3.63) is 23.8 Å². The van der Waals surface area contributed by atoms with E-state index in [0.29, 0.717) is 41.5 Å². The summed E-state index contributed by atoms with van der Waals surface area (Å²) in [6.45, 7) is 6.74. The van der Waals surface area contributed by atoms with E-state index in [1.807, 2.05) is 25.1 Å². The molecule has 0 spiro atoms. The first-order valence-electron chi connectivity index (χ1n) is 9.55. The maximum atomic E-state index is 13.0. The highest BCUT2D eigenvalue weighted by Crippen LogP contribution is 2.41. The van der Waals surface area contributed by atoms with Crippen molar-refractivity contribution in [1.29, 1.82) is 0 Å². The fraction of sp³-hybridized carbons (Fsp3) is 0.650. The first kappa shape index (κ1) is 16.7. The molecule has 0 radical (unpaired) electrons. The lowest BCUT2D eigenvalue weighted by atomic mass is 9.90. The number of nitrogens with zero attached hydrogens (tertiary/aromatic N) is 2. The van der Waals surface area contributed by atoms with Crippen molar-refractivity contribution in [3.8, 4) is 11.5 Å². The number of carbonyl (C=O) groups excluding carboxylic acids is 1. The second-order valence-electron chi connectivity index (χ2n) is 7.49. The van der Waals surface area contributed by atoms with Gasteiger partial charge in [0.2, 0.25) is 0 Å². The number of likely N-dealkylation sites (tertiary alicyclic amines) is 1. The Kier molecular flexibility index (Phi) is 4.59. The summed E-state index contributed by atoms with van der Waals surface area (Å²) < 4.78 is 10.9. The fourth-order valence-electron chi connectivity index (χ4n) is 4.98. The summed E-state index contributed by atoms with van der Waals surface area (Å²) in [5.41, 5.74) is 0.695. The van der Waals surface area contributed by atoms with E-state index < -0.39 is 0 Å². The Morgan fingerprint density at radius 1 is 1.20 bits per heavy atom. The first-order valence-corrected chi connectivity index (χ1v) is 9.55. The molecule has 0 aromatic heterocycles. The van der Waals surface area contributed by atoms with Gasteiger partial charge in [0, 0.05) is 31.2 Å². The van der Waals surface area contributed by atoms with Crippen LogP contribution in [0.25, 0.3) is 0 Å². The van der Waals surface area contributed by atoms with Crippen LogP contribution in [-0.2, 0) is 0 Å². The van der Waals surface area contributed by atoms with Crippen LogP contribution in [0.3, 0.4) is 0 Å². The van der Waals surface area contributed by atoms with Gasteiger partial charge in [-0.1, -0.05) is 6.42 Å². The van der Waals surface area contributed by atoms with Gasteiger partial charge in [0.05, 0.1) is 13.7 Å². The van der Waals surface area contributed by atoms with Gasteiger partial charge in [-0.2, -0.15) is 0 Å². The van der Waals surface area contributed by atoms with E-state index in [9.17, 15) is 4.79 Å². The first-order chi connectivity index (χ1) is 12.2. The zero-order valence-corrected chi connectivity index (χ0v) is 15.2. The van der Waals surface area contributed by atoms with Gasteiger partial charge in [0.1, 0.15) is 0 Å². The molecule has 3 saturated heterocycles. The molecule has 0 saturated carbocycles. The van der Waals surface area contributed by atoms with Crippen LogP contribution >= 0.6 is 0 Å². The van der Waals surface area contributed by atoms with Crippen LogP contribution in [0, 0.1) is 11.8 Å². The van der Waals surface area contributed by atoms with Crippen LogP contribution in [-0.4, -0.2) is 61.6 Å². The number of hydrogen-bond acceptors (Lipinski definition) is 4. The van der Waals surface area contributed by atoms with Crippen molar-refractivity contribution in [2.75, 3.05) is 39.9 Å². The number of piperidine rings is 1. The minimum Gasteiger partial charge on any atom is -0.493 e. The molecule has 1 aromatic carbocycles. The van der Waals surface area contributed by atoms with Gasteiger partial charge in [-0.3, -0.25) is 9.69 Å². The third kappa shape index (κ3) is 2.99. The molecule has 0 aliphatic carbocycles. The summed E-state index contributed by atoms with van der Waals surface area (Å²) in [6.07, 6.45) is 3.99. The summed E-state index contributed by atoms with van der Waals surface area (Å²) in [4.78, 5) is 17.7. The number of benzene rings is 1. The smallest absolute Gasteiger partial charge is 0.254 e. The van der Waals surface area contributed by atoms with Gasteiger partial charge in [0.25, 0.3) is 5.91 Å². The lowest BCUT2D eigenvalue weighted by Crippen LogP contribution is -2.40. The molecule has 3 aliphatic rings. The van der Waals surface area contributed by atoms with Crippen molar-refractivity contribution in [1.82, 2.24) is 9.80 Å². The lowest BCUT2D eigenvalue weighted by Gasteiger charge is -2.33. The zero-order chi connectivity index (χ0) is 17.4. The standard InChI is InChI=1S/C20H28N2O3/c1-3-25-18-8-7-14(10-19(18)24-2)20(23)22-12-15-11-21-9-5-4-6-17(21)16(15)13-22/h7-8,10,15-17H,3-6,9,11-13H2,1-2H3/t15-,16+,17+/m0/s1. The van der Waals surface area contributed by atoms with Gasteiger partial charge in [-0.25, -0.2) is 0 Å². The molecule has 136 valence electrons. The SMILES string of the molecule is CCOc1ccc(C(=O)N2C[C@@H]3CN4CCCC[C@@H]4[C@@H]3C2)cc1OC.